The van der Waals surface area contributed by atoms with Gasteiger partial charge in [0.15, 0.2) is 5.82 Å². The molecule has 256 valence electrons. The Morgan fingerprint density at radius 2 is 0.836 bits per heavy atom. The molecule has 3 heteroatoms. The van der Waals surface area contributed by atoms with Gasteiger partial charge in [0.1, 0.15) is 0 Å². The number of nitrogens with zero attached hydrogens (tertiary/aromatic N) is 2. The number of thiophene rings is 1. The standard InChI is InChI=1S/C52H32N2S/c1-3-13-33(14-4-1)47-32-48(54-52(53-47)34-15-5-2-6-16-34)38-18-11-17-35(29-38)36-25-27-44-45(30-36)41-20-8-7-19-40(41)43-23-12-22-39(51(43)44)37-26-28-50-46(31-37)42-21-9-10-24-49(42)55-50/h1-32H. The van der Waals surface area contributed by atoms with Crippen molar-refractivity contribution in [3.05, 3.63) is 194 Å². The van der Waals surface area contributed by atoms with Gasteiger partial charge in [0.05, 0.1) is 11.4 Å². The van der Waals surface area contributed by atoms with E-state index in [9.17, 15) is 0 Å². The molecule has 0 radical (unpaired) electrons. The Hall–Kier alpha value is -6.94. The molecule has 0 spiro atoms. The summed E-state index contributed by atoms with van der Waals surface area (Å²) in [5, 5.41) is 10.2. The average molecular weight is 717 g/mol. The molecule has 11 aromatic rings. The van der Waals surface area contributed by atoms with Gasteiger partial charge in [-0.05, 0) is 91.0 Å². The second-order valence-corrected chi connectivity index (χ2v) is 15.2. The smallest absolute Gasteiger partial charge is 0.160 e. The van der Waals surface area contributed by atoms with E-state index in [4.69, 9.17) is 9.97 Å². The fourth-order valence-electron chi connectivity index (χ4n) is 8.24. The van der Waals surface area contributed by atoms with E-state index in [2.05, 4.69) is 170 Å². The van der Waals surface area contributed by atoms with Crippen molar-refractivity contribution in [2.24, 2.45) is 0 Å². The van der Waals surface area contributed by atoms with Crippen LogP contribution in [0.5, 0.6) is 0 Å². The zero-order valence-corrected chi connectivity index (χ0v) is 30.6. The molecular formula is C52H32N2S. The average Bonchev–Trinajstić information content (AvgIpc) is 3.64. The molecule has 0 unspecified atom stereocenters. The predicted octanol–water partition coefficient (Wildman–Crippen LogP) is 14.6. The lowest BCUT2D eigenvalue weighted by atomic mass is 9.88. The summed E-state index contributed by atoms with van der Waals surface area (Å²) in [5.41, 5.74) is 9.72. The number of benzene rings is 9. The first-order valence-electron chi connectivity index (χ1n) is 18.6. The molecular weight excluding hydrogens is 685 g/mol. The summed E-state index contributed by atoms with van der Waals surface area (Å²) in [7, 11) is 0. The van der Waals surface area contributed by atoms with Gasteiger partial charge in [-0.3, -0.25) is 0 Å². The van der Waals surface area contributed by atoms with Crippen molar-refractivity contribution < 1.29 is 0 Å². The van der Waals surface area contributed by atoms with Crippen molar-refractivity contribution in [2.45, 2.75) is 0 Å². The van der Waals surface area contributed by atoms with Crippen LogP contribution in [0.25, 0.3) is 109 Å². The Morgan fingerprint density at radius 3 is 1.65 bits per heavy atom. The van der Waals surface area contributed by atoms with Crippen molar-refractivity contribution in [1.82, 2.24) is 9.97 Å². The van der Waals surface area contributed by atoms with Crippen LogP contribution in [0.3, 0.4) is 0 Å². The molecule has 2 aromatic heterocycles. The molecule has 2 nitrogen and oxygen atoms in total. The first kappa shape index (κ1) is 31.6. The second-order valence-electron chi connectivity index (χ2n) is 14.1. The van der Waals surface area contributed by atoms with Crippen molar-refractivity contribution in [1.29, 1.82) is 0 Å². The molecule has 0 atom stereocenters. The summed E-state index contributed by atoms with van der Waals surface area (Å²) >= 11 is 1.86. The lowest BCUT2D eigenvalue weighted by Crippen LogP contribution is -1.96. The molecule has 0 bridgehead atoms. The second kappa shape index (κ2) is 12.9. The predicted molar refractivity (Wildman–Crippen MR) is 235 cm³/mol. The Bertz CT molecular complexity index is 3200. The molecule has 9 aromatic carbocycles. The van der Waals surface area contributed by atoms with Gasteiger partial charge in [0.2, 0.25) is 0 Å². The third-order valence-electron chi connectivity index (χ3n) is 10.9. The summed E-state index contributed by atoms with van der Waals surface area (Å²) in [6.07, 6.45) is 0. The highest BCUT2D eigenvalue weighted by Gasteiger charge is 2.16. The fraction of sp³-hybridized carbons (Fsp3) is 0. The fourth-order valence-corrected chi connectivity index (χ4v) is 9.33. The molecule has 0 saturated heterocycles. The monoisotopic (exact) mass is 716 g/mol. The third kappa shape index (κ3) is 5.40. The largest absolute Gasteiger partial charge is 0.228 e. The molecule has 11 rings (SSSR count). The zero-order chi connectivity index (χ0) is 36.3. The van der Waals surface area contributed by atoms with Crippen molar-refractivity contribution in [3.8, 4) is 56.2 Å². The molecule has 0 amide bonds. The van der Waals surface area contributed by atoms with E-state index in [1.165, 1.54) is 69.2 Å². The first-order chi connectivity index (χ1) is 27.2. The van der Waals surface area contributed by atoms with Gasteiger partial charge in [0, 0.05) is 36.9 Å². The minimum atomic E-state index is 0.716. The van der Waals surface area contributed by atoms with Crippen LogP contribution in [-0.4, -0.2) is 9.97 Å². The molecule has 0 aliphatic rings. The number of hydrogen-bond acceptors (Lipinski definition) is 3. The van der Waals surface area contributed by atoms with E-state index >= 15 is 0 Å². The van der Waals surface area contributed by atoms with Crippen LogP contribution in [-0.2, 0) is 0 Å². The minimum absolute atomic E-state index is 0.716. The number of fused-ring (bicyclic) bond motifs is 9. The summed E-state index contributed by atoms with van der Waals surface area (Å²) < 4.78 is 2.65. The minimum Gasteiger partial charge on any atom is -0.228 e. The normalized spacial score (nSPS) is 11.6. The van der Waals surface area contributed by atoms with Gasteiger partial charge >= 0.3 is 0 Å². The highest BCUT2D eigenvalue weighted by molar-refractivity contribution is 7.25. The maximum absolute atomic E-state index is 5.12. The van der Waals surface area contributed by atoms with Crippen LogP contribution in [0.2, 0.25) is 0 Å². The maximum Gasteiger partial charge on any atom is 0.160 e. The van der Waals surface area contributed by atoms with Gasteiger partial charge in [0.25, 0.3) is 0 Å². The van der Waals surface area contributed by atoms with Gasteiger partial charge in [-0.15, -0.1) is 11.3 Å². The van der Waals surface area contributed by atoms with Crippen molar-refractivity contribution in [3.63, 3.8) is 0 Å². The van der Waals surface area contributed by atoms with E-state index in [-0.39, 0.29) is 0 Å². The Balaban J connectivity index is 1.08. The maximum atomic E-state index is 5.12. The Labute approximate surface area is 322 Å². The van der Waals surface area contributed by atoms with Gasteiger partial charge in [-0.1, -0.05) is 158 Å². The molecule has 0 N–H and O–H groups in total. The number of hydrogen-bond donors (Lipinski definition) is 0. The zero-order valence-electron chi connectivity index (χ0n) is 29.8. The van der Waals surface area contributed by atoms with E-state index in [0.717, 1.165) is 33.6 Å². The van der Waals surface area contributed by atoms with E-state index in [0.29, 0.717) is 5.82 Å². The molecule has 0 aliphatic heterocycles. The molecule has 2 heterocycles. The SMILES string of the molecule is c1ccc(-c2cc(-c3cccc(-c4ccc5c(c4)c4ccccc4c4cccc(-c6ccc7sc8ccccc8c7c6)c45)c3)nc(-c3ccccc3)n2)cc1. The summed E-state index contributed by atoms with van der Waals surface area (Å²) in [5.74, 6) is 0.716. The summed E-state index contributed by atoms with van der Waals surface area (Å²) in [6.45, 7) is 0. The lowest BCUT2D eigenvalue weighted by molar-refractivity contribution is 1.18. The Morgan fingerprint density at radius 1 is 0.291 bits per heavy atom. The van der Waals surface area contributed by atoms with Crippen LogP contribution in [0, 0.1) is 0 Å². The van der Waals surface area contributed by atoms with Crippen LogP contribution in [0.1, 0.15) is 0 Å². The van der Waals surface area contributed by atoms with Gasteiger partial charge in [-0.2, -0.15) is 0 Å². The molecule has 0 aliphatic carbocycles. The van der Waals surface area contributed by atoms with Crippen molar-refractivity contribution in [2.75, 3.05) is 0 Å². The molecule has 0 fully saturated rings. The van der Waals surface area contributed by atoms with E-state index < -0.39 is 0 Å². The van der Waals surface area contributed by atoms with E-state index in [1.807, 2.05) is 35.6 Å². The van der Waals surface area contributed by atoms with Crippen LogP contribution in [0.15, 0.2) is 194 Å². The van der Waals surface area contributed by atoms with Crippen molar-refractivity contribution >= 4 is 63.8 Å². The summed E-state index contributed by atoms with van der Waals surface area (Å²) in [4.78, 5) is 10.1. The van der Waals surface area contributed by atoms with Crippen LogP contribution < -0.4 is 0 Å². The first-order valence-corrected chi connectivity index (χ1v) is 19.5. The highest BCUT2D eigenvalue weighted by atomic mass is 32.1. The lowest BCUT2D eigenvalue weighted by Gasteiger charge is -2.16. The number of rotatable bonds is 5. The third-order valence-corrected chi connectivity index (χ3v) is 12.0. The molecule has 55 heavy (non-hydrogen) atoms. The van der Waals surface area contributed by atoms with Crippen LogP contribution >= 0.6 is 11.3 Å². The quantitative estimate of drug-likeness (QED) is 0.166. The molecule has 0 saturated carbocycles. The van der Waals surface area contributed by atoms with Crippen LogP contribution in [0.4, 0.5) is 0 Å². The van der Waals surface area contributed by atoms with E-state index in [1.54, 1.807) is 0 Å². The summed E-state index contributed by atoms with van der Waals surface area (Å²) in [6, 6.07) is 69.8. The highest BCUT2D eigenvalue weighted by Crippen LogP contribution is 2.43. The topological polar surface area (TPSA) is 25.8 Å². The van der Waals surface area contributed by atoms with Gasteiger partial charge in [-0.25, -0.2) is 9.97 Å². The Kier molecular flexibility index (Phi) is 7.39. The van der Waals surface area contributed by atoms with Gasteiger partial charge < -0.3 is 0 Å². The number of aromatic nitrogens is 2.